The predicted octanol–water partition coefficient (Wildman–Crippen LogP) is -3.22. The van der Waals surface area contributed by atoms with E-state index < -0.39 is 175 Å². The van der Waals surface area contributed by atoms with Gasteiger partial charge in [-0.25, -0.2) is 0 Å². The second kappa shape index (κ2) is 40.0. The number of nitrogens with zero attached hydrogens (tertiary/aromatic N) is 3. The Labute approximate surface area is 569 Å². The molecule has 0 radical (unpaired) electrons. The fourth-order valence-corrected chi connectivity index (χ4v) is 12.7. The van der Waals surface area contributed by atoms with Crippen molar-refractivity contribution in [1.29, 1.82) is 0 Å². The van der Waals surface area contributed by atoms with E-state index in [-0.39, 0.29) is 76.6 Å². The smallest absolute Gasteiger partial charge is 0.245 e. The van der Waals surface area contributed by atoms with Gasteiger partial charge in [-0.05, 0) is 137 Å². The van der Waals surface area contributed by atoms with Crippen LogP contribution >= 0.6 is 11.8 Å². The Morgan fingerprint density at radius 3 is 1.74 bits per heavy atom. The number of likely N-dealkylation sites (tertiary alicyclic amines) is 2. The Bertz CT molecular complexity index is 3100. The first-order valence-electron chi connectivity index (χ1n) is 33.2. The summed E-state index contributed by atoms with van der Waals surface area (Å²) in [6, 6.07) is 3.43. The van der Waals surface area contributed by atoms with Gasteiger partial charge in [0, 0.05) is 44.8 Å². The average molecular weight is 1370 g/mol. The molecule has 0 aromatic heterocycles. The minimum atomic E-state index is -1.64. The van der Waals surface area contributed by atoms with Gasteiger partial charge in [-0.1, -0.05) is 68.4 Å². The van der Waals surface area contributed by atoms with Crippen LogP contribution in [-0.2, 0) is 75.2 Å². The van der Waals surface area contributed by atoms with E-state index in [1.54, 1.807) is 42.5 Å². The third-order valence-corrected chi connectivity index (χ3v) is 17.9. The summed E-state index contributed by atoms with van der Waals surface area (Å²) in [5.41, 5.74) is 41.8. The van der Waals surface area contributed by atoms with Crippen LogP contribution in [0.25, 0.3) is 0 Å². The normalized spacial score (nSPS) is 18.1. The summed E-state index contributed by atoms with van der Waals surface area (Å²) in [5.74, 6) is -10.4. The van der Waals surface area contributed by atoms with Crippen LogP contribution in [0, 0.1) is 5.92 Å². The summed E-state index contributed by atoms with van der Waals surface area (Å²) in [6.45, 7) is 3.89. The van der Waals surface area contributed by atoms with Gasteiger partial charge in [0.2, 0.25) is 76.8 Å². The minimum absolute atomic E-state index is 0.0761. The Balaban J connectivity index is 1.37. The fraction of sp³-hybridized carbons (Fsp3) is 0.600. The van der Waals surface area contributed by atoms with E-state index in [0.29, 0.717) is 68.2 Å². The number of primary amides is 3. The zero-order valence-corrected chi connectivity index (χ0v) is 56.5. The second-order valence-electron chi connectivity index (χ2n) is 25.2. The highest BCUT2D eigenvalue weighted by atomic mass is 32.2. The third-order valence-electron chi connectivity index (χ3n) is 17.3. The maximum Gasteiger partial charge on any atom is 0.245 e. The molecule has 2 heterocycles. The number of carbonyl (C=O) groups excluding carboxylic acids is 13. The first kappa shape index (κ1) is 78.8. The van der Waals surface area contributed by atoms with Crippen LogP contribution in [0.3, 0.4) is 0 Å². The van der Waals surface area contributed by atoms with Crippen molar-refractivity contribution in [3.05, 3.63) is 71.3 Å². The summed E-state index contributed by atoms with van der Waals surface area (Å²) < 4.78 is 0. The molecule has 32 heteroatoms. The predicted molar refractivity (Wildman–Crippen MR) is 363 cm³/mol. The molecule has 0 spiro atoms. The van der Waals surface area contributed by atoms with Crippen molar-refractivity contribution >= 4 is 94.5 Å². The number of benzene rings is 2. The molecule has 0 saturated carbocycles. The van der Waals surface area contributed by atoms with Crippen molar-refractivity contribution in [2.24, 2.45) is 51.0 Å². The van der Waals surface area contributed by atoms with Crippen molar-refractivity contribution < 1.29 is 62.3 Å². The summed E-state index contributed by atoms with van der Waals surface area (Å²) in [7, 11) is 0. The fourth-order valence-electron chi connectivity index (χ4n) is 12.2. The molecule has 97 heavy (non-hydrogen) atoms. The number of amides is 13. The number of guanidine groups is 1. The molecular weight excluding hydrogens is 1270 g/mol. The topological polar surface area (TPSA) is 519 Å². The Hall–Kier alpha value is -8.91. The second-order valence-corrected chi connectivity index (χ2v) is 26.2. The number of nitrogens with two attached hydrogens (primary N) is 7. The number of aliphatic imine (C=N–C) groups is 1. The lowest BCUT2D eigenvalue weighted by Crippen LogP contribution is -2.61. The van der Waals surface area contributed by atoms with Gasteiger partial charge >= 0.3 is 0 Å². The van der Waals surface area contributed by atoms with E-state index in [1.807, 2.05) is 32.2 Å². The number of fused-ring (bicyclic) bond motifs is 1. The first-order chi connectivity index (χ1) is 46.2. The summed E-state index contributed by atoms with van der Waals surface area (Å²) >= 11 is 1.46. The number of carbonyl (C=O) groups is 13. The highest BCUT2D eigenvalue weighted by Crippen LogP contribution is 2.36. The molecule has 13 amide bonds. The molecule has 31 nitrogen and oxygen atoms in total. The zero-order valence-electron chi connectivity index (χ0n) is 55.7. The van der Waals surface area contributed by atoms with E-state index in [1.165, 1.54) is 21.6 Å². The number of nitrogens with one attached hydrogen (secondary N) is 8. The van der Waals surface area contributed by atoms with Crippen LogP contribution in [0.2, 0.25) is 0 Å². The number of aryl methyl sites for hydroxylation is 1. The quantitative estimate of drug-likeness (QED) is 0.0177. The van der Waals surface area contributed by atoms with Crippen LogP contribution in [-0.4, -0.2) is 198 Å². The highest BCUT2D eigenvalue weighted by Gasteiger charge is 2.43. The van der Waals surface area contributed by atoms with Crippen LogP contribution in [0.1, 0.15) is 139 Å². The van der Waals surface area contributed by atoms with Crippen LogP contribution in [0.5, 0.6) is 0 Å². The summed E-state index contributed by atoms with van der Waals surface area (Å²) in [6.07, 6.45) is 4.19. The number of unbranched alkanes of at least 4 members (excludes halogenated alkanes) is 1. The monoisotopic (exact) mass is 1370 g/mol. The van der Waals surface area contributed by atoms with E-state index in [4.69, 9.17) is 40.1 Å². The largest absolute Gasteiger partial charge is 0.370 e. The van der Waals surface area contributed by atoms with Gasteiger partial charge in [-0.2, -0.15) is 11.8 Å². The Morgan fingerprint density at radius 1 is 0.577 bits per heavy atom. The van der Waals surface area contributed by atoms with Crippen molar-refractivity contribution in [2.75, 3.05) is 44.7 Å². The molecule has 2 aromatic rings. The summed E-state index contributed by atoms with van der Waals surface area (Å²) in [5, 5.41) is 21.5. The van der Waals surface area contributed by atoms with E-state index in [2.05, 4.69) is 47.5 Å². The van der Waals surface area contributed by atoms with Gasteiger partial charge in [0.1, 0.15) is 54.4 Å². The van der Waals surface area contributed by atoms with Gasteiger partial charge < -0.3 is 92.5 Å². The SMILES string of the molecule is CSCC[C@H](NC(=O)[C@H](CC(C)C)NC(=O)CNC(=O)[C@H](Cc1ccccc1)NC(=O)[C@@H](NC(=O)[C@H](CCC(N)=O)NC(=O)[C@H](CCC(N)=O)NC(=O)[C@H]1CCCN1C(=O)[C@H](CCCCN)NC(=O)[C@@H]1CCCN1C(=O)[C@@H](N)CCCN=C(N)N)[C@H]1CCc2ccccc21)C(N)=O. The lowest BCUT2D eigenvalue weighted by atomic mass is 9.91. The Kier molecular flexibility index (Phi) is 32.5. The van der Waals surface area contributed by atoms with E-state index in [0.717, 1.165) is 5.56 Å². The molecule has 3 aliphatic rings. The maximum absolute atomic E-state index is 15.1. The highest BCUT2D eigenvalue weighted by molar-refractivity contribution is 7.98. The molecule has 5 rings (SSSR count). The average Bonchev–Trinajstić information content (AvgIpc) is 1.70. The van der Waals surface area contributed by atoms with Crippen molar-refractivity contribution in [2.45, 2.75) is 196 Å². The number of hydrogen-bond acceptors (Lipinski definition) is 17. The molecule has 0 unspecified atom stereocenters. The molecule has 2 aliphatic heterocycles. The van der Waals surface area contributed by atoms with E-state index >= 15 is 4.79 Å². The number of rotatable bonds is 41. The number of hydrogen-bond donors (Lipinski definition) is 15. The lowest BCUT2D eigenvalue weighted by molar-refractivity contribution is -0.144. The van der Waals surface area contributed by atoms with Gasteiger partial charge in [0.25, 0.3) is 0 Å². The van der Waals surface area contributed by atoms with Gasteiger partial charge in [-0.15, -0.1) is 0 Å². The lowest BCUT2D eigenvalue weighted by Gasteiger charge is -2.32. The zero-order chi connectivity index (χ0) is 71.3. The molecule has 1 aliphatic carbocycles. The van der Waals surface area contributed by atoms with Crippen LogP contribution < -0.4 is 82.7 Å². The van der Waals surface area contributed by atoms with Gasteiger partial charge in [-0.3, -0.25) is 67.3 Å². The summed E-state index contributed by atoms with van der Waals surface area (Å²) in [4.78, 5) is 186. The van der Waals surface area contributed by atoms with Crippen molar-refractivity contribution in [3.8, 4) is 0 Å². The minimum Gasteiger partial charge on any atom is -0.370 e. The first-order valence-corrected chi connectivity index (χ1v) is 34.6. The van der Waals surface area contributed by atoms with Gasteiger partial charge in [0.15, 0.2) is 5.96 Å². The molecule has 2 saturated heterocycles. The van der Waals surface area contributed by atoms with Crippen molar-refractivity contribution in [1.82, 2.24) is 52.3 Å². The molecule has 11 atom stereocenters. The Morgan fingerprint density at radius 2 is 1.14 bits per heavy atom. The number of thioether (sulfide) groups is 1. The van der Waals surface area contributed by atoms with Crippen molar-refractivity contribution in [3.63, 3.8) is 0 Å². The molecule has 2 aromatic carbocycles. The molecular formula is C65H100N18O13S. The molecule has 22 N–H and O–H groups in total. The van der Waals surface area contributed by atoms with Gasteiger partial charge in [0.05, 0.1) is 12.6 Å². The van der Waals surface area contributed by atoms with Crippen LogP contribution in [0.15, 0.2) is 59.6 Å². The maximum atomic E-state index is 15.1. The third kappa shape index (κ3) is 25.2. The molecule has 2 fully saturated rings. The standard InChI is InChI=1S/C65H100N18O13S/c1-37(2)34-47(59(91)76-43(55(70)87)28-33-97-3)75-53(86)36-74-56(88)48(35-38-14-5-4-6-15-38)80-62(94)54(41-23-22-39-16-7-8-17-40(39)41)81-58(90)45(25-27-52(69)85)77-57(89)44(24-26-51(68)84)78-60(92)50-21-13-32-83(50)64(96)46(19-9-10-29-66)79-61(93)49-20-12-31-82(49)63(95)42(67)18-11-30-73-65(71)72/h4-8,14-17,37,41-50,54H,9-13,18-36,66-67H2,1-3H3,(H2,68,84)(H2,69,85)(H2,70,87)(H,74,88)(H,75,86)(H,76,91)(H,77,89)(H,78,92)(H,79,93)(H,80,94)(H,81,90)(H4,71,72,73)/t41-,42-,43-,44-,45-,46-,47-,48-,49-,50+,54-/m0/s1. The molecule has 534 valence electrons. The van der Waals surface area contributed by atoms with E-state index in [9.17, 15) is 57.5 Å². The van der Waals surface area contributed by atoms with Crippen LogP contribution in [0.4, 0.5) is 0 Å². The molecule has 0 bridgehead atoms.